The lowest BCUT2D eigenvalue weighted by Crippen LogP contribution is -2.54. The largest absolute Gasteiger partial charge is 0.384 e. The molecule has 0 bridgehead atoms. The summed E-state index contributed by atoms with van der Waals surface area (Å²) in [6, 6.07) is 9.84. The van der Waals surface area contributed by atoms with Crippen LogP contribution in [0.15, 0.2) is 42.6 Å². The van der Waals surface area contributed by atoms with Gasteiger partial charge in [-0.05, 0) is 62.2 Å². The molecule has 2 aromatic rings. The molecule has 8 heteroatoms. The highest BCUT2D eigenvalue weighted by molar-refractivity contribution is 6.30. The molecule has 1 aromatic heterocycles. The summed E-state index contributed by atoms with van der Waals surface area (Å²) in [6.45, 7) is 4.01. The zero-order chi connectivity index (χ0) is 22.2. The summed E-state index contributed by atoms with van der Waals surface area (Å²) in [5.41, 5.74) is 7.33. The molecule has 0 radical (unpaired) electrons. The third-order valence-electron chi connectivity index (χ3n) is 5.59. The molecule has 1 saturated heterocycles. The van der Waals surface area contributed by atoms with E-state index >= 15 is 0 Å². The predicted molar refractivity (Wildman–Crippen MR) is 122 cm³/mol. The van der Waals surface area contributed by atoms with Crippen LogP contribution in [0.25, 0.3) is 0 Å². The molecular weight excluding hydrogens is 414 g/mol. The summed E-state index contributed by atoms with van der Waals surface area (Å²) in [7, 11) is 0. The summed E-state index contributed by atoms with van der Waals surface area (Å²) >= 11 is 6.11. The maximum absolute atomic E-state index is 13.0. The van der Waals surface area contributed by atoms with Gasteiger partial charge in [0.25, 0.3) is 0 Å². The van der Waals surface area contributed by atoms with Crippen molar-refractivity contribution in [1.29, 1.82) is 0 Å². The third kappa shape index (κ3) is 6.94. The number of pyridine rings is 1. The molecule has 1 fully saturated rings. The summed E-state index contributed by atoms with van der Waals surface area (Å²) in [6.07, 6.45) is 5.37. The number of nitrogen functional groups attached to an aromatic ring is 1. The number of carbonyl (C=O) groups excluding carboxylic acids is 2. The van der Waals surface area contributed by atoms with E-state index in [1.54, 1.807) is 18.3 Å². The number of nitrogens with zero attached hydrogens (tertiary/aromatic N) is 2. The second kappa shape index (κ2) is 11.1. The molecule has 0 spiro atoms. The van der Waals surface area contributed by atoms with Crippen LogP contribution in [-0.2, 0) is 22.6 Å². The molecule has 7 nitrogen and oxygen atoms in total. The van der Waals surface area contributed by atoms with Crippen LogP contribution in [0.2, 0.25) is 5.02 Å². The number of halogens is 1. The van der Waals surface area contributed by atoms with Crippen LogP contribution in [0, 0.1) is 0 Å². The number of carbonyl (C=O) groups is 2. The van der Waals surface area contributed by atoms with Gasteiger partial charge in [-0.1, -0.05) is 36.2 Å². The number of piperidine rings is 1. The minimum atomic E-state index is -0.708. The first kappa shape index (κ1) is 23.0. The van der Waals surface area contributed by atoms with E-state index in [0.717, 1.165) is 37.1 Å². The number of hydrogen-bond acceptors (Lipinski definition) is 5. The molecule has 1 aliphatic rings. The number of nitrogens with one attached hydrogen (secondary N) is 2. The Kier molecular flexibility index (Phi) is 8.26. The third-order valence-corrected chi connectivity index (χ3v) is 5.83. The standard InChI is InChI=1S/C23H30ClN5O2/c1-16(29-10-3-2-4-11-29)22(30)28-20(13-17-6-5-7-19(24)12-17)23(31)27-15-18-8-9-21(25)26-14-18/h5-9,12,14,16,20H,2-4,10-11,13,15H2,1H3,(H2,25,26)(H,27,31)(H,28,30)/t16-,20?/m0/s1. The molecule has 2 amide bonds. The van der Waals surface area contributed by atoms with E-state index in [4.69, 9.17) is 17.3 Å². The normalized spacial score (nSPS) is 16.3. The molecule has 2 atom stereocenters. The number of nitrogens with two attached hydrogens (primary N) is 1. The Morgan fingerprint density at radius 2 is 1.90 bits per heavy atom. The first-order chi connectivity index (χ1) is 14.9. The Bertz CT molecular complexity index is 884. The summed E-state index contributed by atoms with van der Waals surface area (Å²) in [4.78, 5) is 32.1. The van der Waals surface area contributed by atoms with Crippen molar-refractivity contribution in [1.82, 2.24) is 20.5 Å². The molecule has 2 heterocycles. The lowest BCUT2D eigenvalue weighted by molar-refractivity contribution is -0.132. The summed E-state index contributed by atoms with van der Waals surface area (Å²) in [5, 5.41) is 6.45. The van der Waals surface area contributed by atoms with Crippen LogP contribution in [0.5, 0.6) is 0 Å². The first-order valence-corrected chi connectivity index (χ1v) is 11.1. The number of anilines is 1. The second-order valence-electron chi connectivity index (χ2n) is 7.98. The van der Waals surface area contributed by atoms with Gasteiger partial charge in [0, 0.05) is 24.2 Å². The van der Waals surface area contributed by atoms with Gasteiger partial charge >= 0.3 is 0 Å². The van der Waals surface area contributed by atoms with E-state index in [1.807, 2.05) is 31.2 Å². The SMILES string of the molecule is C[C@@H](C(=O)NC(Cc1cccc(Cl)c1)C(=O)NCc1ccc(N)nc1)N1CCCCC1. The van der Waals surface area contributed by atoms with Crippen molar-refractivity contribution in [2.45, 2.75) is 51.2 Å². The number of benzene rings is 1. The minimum absolute atomic E-state index is 0.141. The summed E-state index contributed by atoms with van der Waals surface area (Å²) < 4.78 is 0. The molecule has 3 rings (SSSR count). The Morgan fingerprint density at radius 3 is 2.58 bits per heavy atom. The lowest BCUT2D eigenvalue weighted by Gasteiger charge is -2.32. The van der Waals surface area contributed by atoms with Gasteiger partial charge in [-0.15, -0.1) is 0 Å². The maximum Gasteiger partial charge on any atom is 0.243 e. The highest BCUT2D eigenvalue weighted by Gasteiger charge is 2.27. The first-order valence-electron chi connectivity index (χ1n) is 10.7. The number of aromatic nitrogens is 1. The van der Waals surface area contributed by atoms with Crippen molar-refractivity contribution in [2.24, 2.45) is 0 Å². The molecule has 1 unspecified atom stereocenters. The summed E-state index contributed by atoms with van der Waals surface area (Å²) in [5.74, 6) is 0.0297. The molecule has 0 aliphatic carbocycles. The van der Waals surface area contributed by atoms with Crippen LogP contribution in [-0.4, -0.2) is 46.9 Å². The number of hydrogen-bond donors (Lipinski definition) is 3. The number of rotatable bonds is 8. The molecule has 0 saturated carbocycles. The Hall–Kier alpha value is -2.64. The lowest BCUT2D eigenvalue weighted by atomic mass is 10.0. The van der Waals surface area contributed by atoms with Crippen LogP contribution in [0.1, 0.15) is 37.3 Å². The molecule has 166 valence electrons. The van der Waals surface area contributed by atoms with Crippen molar-refractivity contribution in [3.63, 3.8) is 0 Å². The van der Waals surface area contributed by atoms with Crippen molar-refractivity contribution in [3.05, 3.63) is 58.7 Å². The van der Waals surface area contributed by atoms with Crippen LogP contribution in [0.3, 0.4) is 0 Å². The Morgan fingerprint density at radius 1 is 1.13 bits per heavy atom. The topological polar surface area (TPSA) is 100 Å². The fourth-order valence-corrected chi connectivity index (χ4v) is 3.94. The van der Waals surface area contributed by atoms with E-state index in [0.29, 0.717) is 23.8 Å². The van der Waals surface area contributed by atoms with Gasteiger partial charge in [0.05, 0.1) is 6.04 Å². The van der Waals surface area contributed by atoms with E-state index in [-0.39, 0.29) is 17.9 Å². The number of likely N-dealkylation sites (tertiary alicyclic amines) is 1. The fraction of sp³-hybridized carbons (Fsp3) is 0.435. The minimum Gasteiger partial charge on any atom is -0.384 e. The van der Waals surface area contributed by atoms with Gasteiger partial charge in [-0.3, -0.25) is 14.5 Å². The molecule has 4 N–H and O–H groups in total. The van der Waals surface area contributed by atoms with E-state index in [9.17, 15) is 9.59 Å². The van der Waals surface area contributed by atoms with Crippen LogP contribution in [0.4, 0.5) is 5.82 Å². The second-order valence-corrected chi connectivity index (χ2v) is 8.41. The Labute approximate surface area is 188 Å². The van der Waals surface area contributed by atoms with Crippen molar-refractivity contribution in [3.8, 4) is 0 Å². The highest BCUT2D eigenvalue weighted by Crippen LogP contribution is 2.15. The zero-order valence-corrected chi connectivity index (χ0v) is 18.6. The zero-order valence-electron chi connectivity index (χ0n) is 17.8. The predicted octanol–water partition coefficient (Wildman–Crippen LogP) is 2.54. The Balaban J connectivity index is 1.67. The van der Waals surface area contributed by atoms with Crippen LogP contribution >= 0.6 is 11.6 Å². The molecular formula is C23H30ClN5O2. The number of amides is 2. The van der Waals surface area contributed by atoms with Crippen molar-refractivity contribution < 1.29 is 9.59 Å². The fourth-order valence-electron chi connectivity index (χ4n) is 3.73. The monoisotopic (exact) mass is 443 g/mol. The van der Waals surface area contributed by atoms with Gasteiger partial charge in [0.15, 0.2) is 0 Å². The molecule has 1 aromatic carbocycles. The average Bonchev–Trinajstić information content (AvgIpc) is 2.78. The highest BCUT2D eigenvalue weighted by atomic mass is 35.5. The van der Waals surface area contributed by atoms with Gasteiger partial charge in [0.1, 0.15) is 11.9 Å². The smallest absolute Gasteiger partial charge is 0.243 e. The average molecular weight is 444 g/mol. The molecule has 1 aliphatic heterocycles. The van der Waals surface area contributed by atoms with Gasteiger partial charge in [-0.25, -0.2) is 4.98 Å². The van der Waals surface area contributed by atoms with Gasteiger partial charge < -0.3 is 16.4 Å². The van der Waals surface area contributed by atoms with E-state index in [2.05, 4.69) is 20.5 Å². The van der Waals surface area contributed by atoms with Gasteiger partial charge in [0.2, 0.25) is 11.8 Å². The maximum atomic E-state index is 13.0. The van der Waals surface area contributed by atoms with Crippen LogP contribution < -0.4 is 16.4 Å². The quantitative estimate of drug-likeness (QED) is 0.582. The van der Waals surface area contributed by atoms with Crippen molar-refractivity contribution in [2.75, 3.05) is 18.8 Å². The van der Waals surface area contributed by atoms with Gasteiger partial charge in [-0.2, -0.15) is 0 Å². The van der Waals surface area contributed by atoms with E-state index in [1.165, 1.54) is 6.42 Å². The van der Waals surface area contributed by atoms with Crippen molar-refractivity contribution >= 4 is 29.2 Å². The molecule has 31 heavy (non-hydrogen) atoms. The van der Waals surface area contributed by atoms with E-state index < -0.39 is 6.04 Å².